The molecule has 0 aliphatic rings. The van der Waals surface area contributed by atoms with Gasteiger partial charge in [-0.2, -0.15) is 0 Å². The maximum absolute atomic E-state index is 11.4. The SMILES string of the molecule is COC(=O)C(C(=O)OC)[C@@](C)(Br)C(=O)OC. The van der Waals surface area contributed by atoms with E-state index >= 15 is 0 Å². The first-order valence-electron chi connectivity index (χ1n) is 4.25. The number of halogens is 1. The van der Waals surface area contributed by atoms with Crippen molar-refractivity contribution in [2.75, 3.05) is 21.3 Å². The summed E-state index contributed by atoms with van der Waals surface area (Å²) in [7, 11) is 3.37. The van der Waals surface area contributed by atoms with E-state index in [4.69, 9.17) is 0 Å². The van der Waals surface area contributed by atoms with E-state index in [1.165, 1.54) is 6.92 Å². The van der Waals surface area contributed by atoms with Crippen LogP contribution in [0, 0.1) is 5.92 Å². The Hall–Kier alpha value is -1.11. The van der Waals surface area contributed by atoms with Gasteiger partial charge >= 0.3 is 17.9 Å². The highest BCUT2D eigenvalue weighted by Crippen LogP contribution is 2.31. The zero-order chi connectivity index (χ0) is 12.9. The molecule has 0 saturated heterocycles. The van der Waals surface area contributed by atoms with E-state index in [0.29, 0.717) is 0 Å². The van der Waals surface area contributed by atoms with E-state index in [1.54, 1.807) is 0 Å². The minimum absolute atomic E-state index is 0.770. The lowest BCUT2D eigenvalue weighted by Gasteiger charge is -2.25. The third kappa shape index (κ3) is 2.94. The number of carbonyl (C=O) groups excluding carboxylic acids is 3. The fourth-order valence-electron chi connectivity index (χ4n) is 1.09. The van der Waals surface area contributed by atoms with Gasteiger partial charge in [-0.15, -0.1) is 0 Å². The Morgan fingerprint density at radius 3 is 1.62 bits per heavy atom. The van der Waals surface area contributed by atoms with Gasteiger partial charge in [0.15, 0.2) is 5.92 Å². The van der Waals surface area contributed by atoms with Crippen LogP contribution in [-0.4, -0.2) is 43.6 Å². The van der Waals surface area contributed by atoms with Gasteiger partial charge in [0.25, 0.3) is 0 Å². The lowest BCUT2D eigenvalue weighted by molar-refractivity contribution is -0.165. The first-order valence-corrected chi connectivity index (χ1v) is 5.05. The molecule has 0 unspecified atom stereocenters. The van der Waals surface area contributed by atoms with Crippen molar-refractivity contribution in [2.24, 2.45) is 5.92 Å². The molecular formula is C9H13BrO6. The van der Waals surface area contributed by atoms with Gasteiger partial charge in [0.05, 0.1) is 21.3 Å². The average molecular weight is 297 g/mol. The number of carbonyl (C=O) groups is 3. The Balaban J connectivity index is 5.25. The number of ether oxygens (including phenoxy) is 3. The summed E-state index contributed by atoms with van der Waals surface area (Å²) in [5.74, 6) is -3.95. The van der Waals surface area contributed by atoms with Crippen molar-refractivity contribution in [3.05, 3.63) is 0 Å². The summed E-state index contributed by atoms with van der Waals surface area (Å²) in [6.07, 6.45) is 0. The van der Waals surface area contributed by atoms with E-state index < -0.39 is 28.2 Å². The van der Waals surface area contributed by atoms with E-state index in [1.807, 2.05) is 0 Å². The second kappa shape index (κ2) is 5.83. The average Bonchev–Trinajstić information content (AvgIpc) is 2.26. The summed E-state index contributed by atoms with van der Waals surface area (Å²) in [5, 5.41) is 0. The summed E-state index contributed by atoms with van der Waals surface area (Å²) >= 11 is 2.98. The Morgan fingerprint density at radius 1 is 1.00 bits per heavy atom. The van der Waals surface area contributed by atoms with Gasteiger partial charge in [-0.1, -0.05) is 15.9 Å². The number of hydrogen-bond acceptors (Lipinski definition) is 6. The Morgan fingerprint density at radius 2 is 1.38 bits per heavy atom. The second-order valence-electron chi connectivity index (χ2n) is 3.05. The summed E-state index contributed by atoms with van der Waals surface area (Å²) in [4.78, 5) is 34.3. The standard InChI is InChI=1S/C9H13BrO6/c1-9(10,8(13)16-4)5(6(11)14-2)7(12)15-3/h5H,1-4H3/t9-/m1/s1. The fraction of sp³-hybridized carbons (Fsp3) is 0.667. The summed E-state index contributed by atoms with van der Waals surface area (Å²) in [6.45, 7) is 1.33. The van der Waals surface area contributed by atoms with Crippen molar-refractivity contribution in [2.45, 2.75) is 11.2 Å². The van der Waals surface area contributed by atoms with Crippen molar-refractivity contribution in [1.82, 2.24) is 0 Å². The summed E-state index contributed by atoms with van der Waals surface area (Å²) < 4.78 is 11.8. The molecular weight excluding hydrogens is 284 g/mol. The molecule has 0 aliphatic carbocycles. The first kappa shape index (κ1) is 14.9. The zero-order valence-electron chi connectivity index (χ0n) is 9.40. The molecule has 0 aliphatic heterocycles. The van der Waals surface area contributed by atoms with Crippen molar-refractivity contribution in [3.8, 4) is 0 Å². The lowest BCUT2D eigenvalue weighted by Crippen LogP contribution is -2.47. The predicted molar refractivity (Wildman–Crippen MR) is 56.9 cm³/mol. The molecule has 0 saturated carbocycles. The third-order valence-electron chi connectivity index (χ3n) is 2.00. The summed E-state index contributed by atoms with van der Waals surface area (Å²) in [6, 6.07) is 0. The van der Waals surface area contributed by atoms with Crippen LogP contribution in [0.4, 0.5) is 0 Å². The molecule has 0 radical (unpaired) electrons. The summed E-state index contributed by atoms with van der Waals surface area (Å²) in [5.41, 5.74) is 0. The van der Waals surface area contributed by atoms with Gasteiger partial charge in [-0.25, -0.2) is 0 Å². The van der Waals surface area contributed by atoms with Crippen molar-refractivity contribution in [3.63, 3.8) is 0 Å². The van der Waals surface area contributed by atoms with Crippen LogP contribution in [0.5, 0.6) is 0 Å². The molecule has 0 rings (SSSR count). The topological polar surface area (TPSA) is 78.9 Å². The molecule has 1 atom stereocenters. The fourth-order valence-corrected chi connectivity index (χ4v) is 1.63. The van der Waals surface area contributed by atoms with Crippen LogP contribution >= 0.6 is 15.9 Å². The molecule has 0 aromatic heterocycles. The van der Waals surface area contributed by atoms with Gasteiger partial charge in [0, 0.05) is 0 Å². The molecule has 0 aromatic rings. The highest BCUT2D eigenvalue weighted by molar-refractivity contribution is 9.10. The number of methoxy groups -OCH3 is 3. The van der Waals surface area contributed by atoms with Gasteiger partial charge in [-0.05, 0) is 6.92 Å². The van der Waals surface area contributed by atoms with Crippen LogP contribution in [0.2, 0.25) is 0 Å². The third-order valence-corrected chi connectivity index (χ3v) is 2.78. The van der Waals surface area contributed by atoms with Crippen LogP contribution in [0.1, 0.15) is 6.92 Å². The molecule has 0 fully saturated rings. The molecule has 16 heavy (non-hydrogen) atoms. The van der Waals surface area contributed by atoms with E-state index in [2.05, 4.69) is 30.1 Å². The van der Waals surface area contributed by atoms with E-state index in [0.717, 1.165) is 21.3 Å². The van der Waals surface area contributed by atoms with Crippen molar-refractivity contribution in [1.29, 1.82) is 0 Å². The Labute approximate surface area is 101 Å². The van der Waals surface area contributed by atoms with Gasteiger partial charge in [-0.3, -0.25) is 14.4 Å². The second-order valence-corrected chi connectivity index (χ2v) is 4.69. The number of esters is 3. The maximum atomic E-state index is 11.4. The quantitative estimate of drug-likeness (QED) is 0.321. The highest BCUT2D eigenvalue weighted by Gasteiger charge is 2.50. The minimum Gasteiger partial charge on any atom is -0.468 e. The van der Waals surface area contributed by atoms with Gasteiger partial charge < -0.3 is 14.2 Å². The van der Waals surface area contributed by atoms with Crippen LogP contribution < -0.4 is 0 Å². The lowest BCUT2D eigenvalue weighted by atomic mass is 9.94. The Kier molecular flexibility index (Phi) is 5.43. The molecule has 7 heteroatoms. The monoisotopic (exact) mass is 296 g/mol. The van der Waals surface area contributed by atoms with Crippen LogP contribution in [0.15, 0.2) is 0 Å². The number of alkyl halides is 1. The highest BCUT2D eigenvalue weighted by atomic mass is 79.9. The molecule has 0 heterocycles. The van der Waals surface area contributed by atoms with Gasteiger partial charge in [0.2, 0.25) is 0 Å². The predicted octanol–water partition coefficient (Wildman–Crippen LogP) is 0.275. The molecule has 0 bridgehead atoms. The van der Waals surface area contributed by atoms with Gasteiger partial charge in [0.1, 0.15) is 4.32 Å². The van der Waals surface area contributed by atoms with Crippen molar-refractivity contribution < 1.29 is 28.6 Å². The molecule has 0 N–H and O–H groups in total. The number of hydrogen-bond donors (Lipinski definition) is 0. The molecule has 92 valence electrons. The van der Waals surface area contributed by atoms with E-state index in [-0.39, 0.29) is 0 Å². The molecule has 0 amide bonds. The van der Waals surface area contributed by atoms with Crippen LogP contribution in [0.3, 0.4) is 0 Å². The Bertz CT molecular complexity index is 282. The molecule has 6 nitrogen and oxygen atoms in total. The maximum Gasteiger partial charge on any atom is 0.323 e. The normalized spacial score (nSPS) is 13.9. The van der Waals surface area contributed by atoms with Crippen molar-refractivity contribution >= 4 is 33.8 Å². The first-order chi connectivity index (χ1) is 7.32. The number of rotatable bonds is 4. The smallest absolute Gasteiger partial charge is 0.323 e. The van der Waals surface area contributed by atoms with Crippen LogP contribution in [0.25, 0.3) is 0 Å². The van der Waals surface area contributed by atoms with Crippen LogP contribution in [-0.2, 0) is 28.6 Å². The largest absolute Gasteiger partial charge is 0.468 e. The molecule has 0 spiro atoms. The minimum atomic E-state index is -1.53. The molecule has 0 aromatic carbocycles. The van der Waals surface area contributed by atoms with E-state index in [9.17, 15) is 14.4 Å². The zero-order valence-corrected chi connectivity index (χ0v) is 11.0.